The molecule has 0 saturated heterocycles. The minimum absolute atomic E-state index is 0.0660. The van der Waals surface area contributed by atoms with Crippen LogP contribution in [0.2, 0.25) is 5.02 Å². The molecular weight excluding hydrogens is 274 g/mol. The van der Waals surface area contributed by atoms with E-state index in [-0.39, 0.29) is 5.54 Å². The summed E-state index contributed by atoms with van der Waals surface area (Å²) >= 11 is 5.85. The predicted octanol–water partition coefficient (Wildman–Crippen LogP) is 3.35. The number of halogens is 1. The van der Waals surface area contributed by atoms with E-state index in [4.69, 9.17) is 11.6 Å². The number of rotatable bonds is 4. The summed E-state index contributed by atoms with van der Waals surface area (Å²) in [6.45, 7) is 6.82. The van der Waals surface area contributed by atoms with E-state index < -0.39 is 0 Å². The summed E-state index contributed by atoms with van der Waals surface area (Å²) in [6.07, 6.45) is 1.61. The van der Waals surface area contributed by atoms with Crippen LogP contribution in [0.4, 0.5) is 11.8 Å². The lowest BCUT2D eigenvalue weighted by Crippen LogP contribution is -2.27. The topological polar surface area (TPSA) is 62.7 Å². The Balaban J connectivity index is 1.99. The van der Waals surface area contributed by atoms with E-state index in [1.54, 1.807) is 6.20 Å². The van der Waals surface area contributed by atoms with Crippen molar-refractivity contribution >= 4 is 23.4 Å². The zero-order chi connectivity index (χ0) is 14.6. The fraction of sp³-hybridized carbons (Fsp3) is 0.357. The van der Waals surface area contributed by atoms with Crippen LogP contribution >= 0.6 is 11.6 Å². The van der Waals surface area contributed by atoms with Crippen LogP contribution in [0.5, 0.6) is 0 Å². The first-order valence-corrected chi connectivity index (χ1v) is 6.76. The van der Waals surface area contributed by atoms with Crippen molar-refractivity contribution in [2.75, 3.05) is 10.6 Å². The van der Waals surface area contributed by atoms with Crippen molar-refractivity contribution in [3.05, 3.63) is 41.0 Å². The summed E-state index contributed by atoms with van der Waals surface area (Å²) in [5.41, 5.74) is 1.04. The third kappa shape index (κ3) is 4.66. The van der Waals surface area contributed by atoms with Crippen LogP contribution in [0, 0.1) is 0 Å². The van der Waals surface area contributed by atoms with E-state index in [0.717, 1.165) is 10.6 Å². The SMILES string of the molecule is CC(C)(C)Nc1cnnc(NCc2ccc(Cl)cc2)n1. The Morgan fingerprint density at radius 2 is 1.85 bits per heavy atom. The van der Waals surface area contributed by atoms with Gasteiger partial charge in [0.2, 0.25) is 5.95 Å². The molecule has 0 radical (unpaired) electrons. The average Bonchev–Trinajstić information content (AvgIpc) is 2.36. The van der Waals surface area contributed by atoms with E-state index in [0.29, 0.717) is 18.3 Å². The number of aromatic nitrogens is 3. The van der Waals surface area contributed by atoms with Crippen molar-refractivity contribution in [1.82, 2.24) is 15.2 Å². The van der Waals surface area contributed by atoms with Gasteiger partial charge < -0.3 is 10.6 Å². The van der Waals surface area contributed by atoms with Gasteiger partial charge in [-0.25, -0.2) is 0 Å². The molecule has 2 rings (SSSR count). The van der Waals surface area contributed by atoms with Gasteiger partial charge in [-0.05, 0) is 38.5 Å². The molecule has 0 spiro atoms. The van der Waals surface area contributed by atoms with Crippen molar-refractivity contribution in [2.45, 2.75) is 32.9 Å². The molecule has 0 aliphatic rings. The van der Waals surface area contributed by atoms with Gasteiger partial charge in [-0.3, -0.25) is 0 Å². The molecular formula is C14H18ClN5. The monoisotopic (exact) mass is 291 g/mol. The van der Waals surface area contributed by atoms with E-state index in [1.807, 2.05) is 24.3 Å². The molecule has 1 heterocycles. The normalized spacial score (nSPS) is 11.2. The Morgan fingerprint density at radius 3 is 2.50 bits per heavy atom. The second kappa shape index (κ2) is 6.05. The lowest BCUT2D eigenvalue weighted by molar-refractivity contribution is 0.629. The summed E-state index contributed by atoms with van der Waals surface area (Å²) in [5, 5.41) is 15.0. The molecule has 5 nitrogen and oxygen atoms in total. The third-order valence-corrected chi connectivity index (χ3v) is 2.68. The molecule has 2 aromatic rings. The van der Waals surface area contributed by atoms with Gasteiger partial charge in [-0.15, -0.1) is 5.10 Å². The fourth-order valence-electron chi connectivity index (χ4n) is 1.61. The molecule has 0 atom stereocenters. The number of anilines is 2. The van der Waals surface area contributed by atoms with Crippen LogP contribution in [-0.4, -0.2) is 20.7 Å². The minimum Gasteiger partial charge on any atom is -0.364 e. The second-order valence-electron chi connectivity index (χ2n) is 5.52. The van der Waals surface area contributed by atoms with Crippen LogP contribution < -0.4 is 10.6 Å². The zero-order valence-electron chi connectivity index (χ0n) is 11.8. The molecule has 6 heteroatoms. The minimum atomic E-state index is -0.0660. The smallest absolute Gasteiger partial charge is 0.244 e. The predicted molar refractivity (Wildman–Crippen MR) is 82.0 cm³/mol. The van der Waals surface area contributed by atoms with Gasteiger partial charge in [0.1, 0.15) is 0 Å². The highest BCUT2D eigenvalue weighted by Gasteiger charge is 2.11. The van der Waals surface area contributed by atoms with E-state index in [1.165, 1.54) is 0 Å². The van der Waals surface area contributed by atoms with Crippen molar-refractivity contribution < 1.29 is 0 Å². The van der Waals surface area contributed by atoms with Crippen molar-refractivity contribution in [3.63, 3.8) is 0 Å². The summed E-state index contributed by atoms with van der Waals surface area (Å²) < 4.78 is 0. The first-order valence-electron chi connectivity index (χ1n) is 6.39. The lowest BCUT2D eigenvalue weighted by atomic mass is 10.1. The lowest BCUT2D eigenvalue weighted by Gasteiger charge is -2.20. The highest BCUT2D eigenvalue weighted by Crippen LogP contribution is 2.13. The highest BCUT2D eigenvalue weighted by molar-refractivity contribution is 6.30. The first kappa shape index (κ1) is 14.5. The van der Waals surface area contributed by atoms with Crippen LogP contribution in [0.3, 0.4) is 0 Å². The van der Waals surface area contributed by atoms with Gasteiger partial charge in [-0.2, -0.15) is 10.1 Å². The van der Waals surface area contributed by atoms with Gasteiger partial charge in [-0.1, -0.05) is 23.7 Å². The first-order chi connectivity index (χ1) is 9.42. The Morgan fingerprint density at radius 1 is 1.15 bits per heavy atom. The number of nitrogens with zero attached hydrogens (tertiary/aromatic N) is 3. The number of hydrogen-bond donors (Lipinski definition) is 2. The molecule has 106 valence electrons. The Bertz CT molecular complexity index is 563. The largest absolute Gasteiger partial charge is 0.364 e. The quantitative estimate of drug-likeness (QED) is 0.904. The summed E-state index contributed by atoms with van der Waals surface area (Å²) in [6, 6.07) is 7.63. The molecule has 0 aliphatic carbocycles. The van der Waals surface area contributed by atoms with Crippen LogP contribution in [0.25, 0.3) is 0 Å². The molecule has 0 saturated carbocycles. The maximum atomic E-state index is 5.85. The van der Waals surface area contributed by atoms with Crippen LogP contribution in [0.15, 0.2) is 30.5 Å². The Kier molecular flexibility index (Phi) is 4.39. The van der Waals surface area contributed by atoms with E-state index >= 15 is 0 Å². The van der Waals surface area contributed by atoms with E-state index in [2.05, 4.69) is 46.6 Å². The maximum absolute atomic E-state index is 5.85. The molecule has 0 fully saturated rings. The second-order valence-corrected chi connectivity index (χ2v) is 5.96. The van der Waals surface area contributed by atoms with Crippen molar-refractivity contribution in [3.8, 4) is 0 Å². The standard InChI is InChI=1S/C14H18ClN5/c1-14(2,3)19-12-9-17-20-13(18-12)16-8-10-4-6-11(15)7-5-10/h4-7,9H,8H2,1-3H3,(H2,16,18,19,20). The highest BCUT2D eigenvalue weighted by atomic mass is 35.5. The molecule has 2 N–H and O–H groups in total. The Labute approximate surface area is 123 Å². The van der Waals surface area contributed by atoms with E-state index in [9.17, 15) is 0 Å². The van der Waals surface area contributed by atoms with Gasteiger partial charge in [0, 0.05) is 17.1 Å². The molecule has 20 heavy (non-hydrogen) atoms. The van der Waals surface area contributed by atoms with Gasteiger partial charge in [0.25, 0.3) is 0 Å². The number of hydrogen-bond acceptors (Lipinski definition) is 5. The molecule has 0 unspecified atom stereocenters. The van der Waals surface area contributed by atoms with Crippen LogP contribution in [-0.2, 0) is 6.54 Å². The van der Waals surface area contributed by atoms with Crippen LogP contribution in [0.1, 0.15) is 26.3 Å². The van der Waals surface area contributed by atoms with Gasteiger partial charge in [0.15, 0.2) is 5.82 Å². The summed E-state index contributed by atoms with van der Waals surface area (Å²) in [7, 11) is 0. The van der Waals surface area contributed by atoms with Gasteiger partial charge in [0.05, 0.1) is 6.20 Å². The summed E-state index contributed by atoms with van der Waals surface area (Å²) in [5.74, 6) is 1.19. The van der Waals surface area contributed by atoms with Crippen molar-refractivity contribution in [2.24, 2.45) is 0 Å². The zero-order valence-corrected chi connectivity index (χ0v) is 12.6. The number of nitrogens with one attached hydrogen (secondary N) is 2. The maximum Gasteiger partial charge on any atom is 0.244 e. The molecule has 1 aromatic carbocycles. The number of benzene rings is 1. The Hall–Kier alpha value is -1.88. The average molecular weight is 292 g/mol. The summed E-state index contributed by atoms with van der Waals surface area (Å²) in [4.78, 5) is 4.37. The fourth-order valence-corrected chi connectivity index (χ4v) is 1.73. The molecule has 0 aliphatic heterocycles. The molecule has 1 aromatic heterocycles. The van der Waals surface area contributed by atoms with Gasteiger partial charge >= 0.3 is 0 Å². The third-order valence-electron chi connectivity index (χ3n) is 2.43. The van der Waals surface area contributed by atoms with Crippen molar-refractivity contribution in [1.29, 1.82) is 0 Å². The molecule has 0 amide bonds. The molecule has 0 bridgehead atoms.